The van der Waals surface area contributed by atoms with Crippen molar-refractivity contribution in [1.29, 1.82) is 0 Å². The van der Waals surface area contributed by atoms with Gasteiger partial charge in [-0.2, -0.15) is 0 Å². The van der Waals surface area contributed by atoms with E-state index in [1.54, 1.807) is 0 Å². The quantitative estimate of drug-likeness (QED) is 0.876. The van der Waals surface area contributed by atoms with Crippen molar-refractivity contribution in [3.05, 3.63) is 33.8 Å². The van der Waals surface area contributed by atoms with Crippen LogP contribution < -0.4 is 5.73 Å². The van der Waals surface area contributed by atoms with Crippen molar-refractivity contribution in [3.63, 3.8) is 0 Å². The average Bonchev–Trinajstić information content (AvgIpc) is 2.14. The van der Waals surface area contributed by atoms with Crippen LogP contribution in [0.25, 0.3) is 0 Å². The van der Waals surface area contributed by atoms with Crippen LogP contribution in [0.2, 0.25) is 0 Å². The second-order valence-electron chi connectivity index (χ2n) is 3.77. The molecule has 0 amide bonds. The SMILES string of the molecule is CCCC[C@H](N)c1ccc(C)cc1Br.Cl. The lowest BCUT2D eigenvalue weighted by Gasteiger charge is -2.13. The van der Waals surface area contributed by atoms with Gasteiger partial charge in [-0.15, -0.1) is 12.4 Å². The van der Waals surface area contributed by atoms with E-state index in [4.69, 9.17) is 5.73 Å². The van der Waals surface area contributed by atoms with Crippen molar-refractivity contribution in [2.24, 2.45) is 5.73 Å². The Balaban J connectivity index is 0.00000196. The minimum absolute atomic E-state index is 0. The molecule has 1 rings (SSSR count). The molecular formula is C12H19BrClN. The van der Waals surface area contributed by atoms with Crippen LogP contribution in [-0.2, 0) is 0 Å². The fraction of sp³-hybridized carbons (Fsp3) is 0.500. The third-order valence-corrected chi connectivity index (χ3v) is 3.11. The third kappa shape index (κ3) is 4.54. The summed E-state index contributed by atoms with van der Waals surface area (Å²) in [6.07, 6.45) is 3.47. The summed E-state index contributed by atoms with van der Waals surface area (Å²) in [5, 5.41) is 0. The Morgan fingerprint density at radius 1 is 1.40 bits per heavy atom. The molecule has 0 spiro atoms. The van der Waals surface area contributed by atoms with Crippen LogP contribution in [0, 0.1) is 6.92 Å². The van der Waals surface area contributed by atoms with E-state index in [-0.39, 0.29) is 18.4 Å². The van der Waals surface area contributed by atoms with Crippen LogP contribution in [0.15, 0.2) is 22.7 Å². The van der Waals surface area contributed by atoms with Crippen molar-refractivity contribution in [2.75, 3.05) is 0 Å². The van der Waals surface area contributed by atoms with Gasteiger partial charge < -0.3 is 5.73 Å². The molecule has 0 fully saturated rings. The maximum atomic E-state index is 6.10. The zero-order valence-electron chi connectivity index (χ0n) is 9.29. The zero-order chi connectivity index (χ0) is 10.6. The number of rotatable bonds is 4. The summed E-state index contributed by atoms with van der Waals surface area (Å²) >= 11 is 3.56. The molecular weight excluding hydrogens is 273 g/mol. The first-order valence-electron chi connectivity index (χ1n) is 5.16. The van der Waals surface area contributed by atoms with Gasteiger partial charge in [-0.25, -0.2) is 0 Å². The van der Waals surface area contributed by atoms with Crippen molar-refractivity contribution in [3.8, 4) is 0 Å². The third-order valence-electron chi connectivity index (χ3n) is 2.42. The Hall–Kier alpha value is -0.0500. The molecule has 3 heteroatoms. The summed E-state index contributed by atoms with van der Waals surface area (Å²) in [7, 11) is 0. The van der Waals surface area contributed by atoms with Gasteiger partial charge in [-0.3, -0.25) is 0 Å². The van der Waals surface area contributed by atoms with Gasteiger partial charge in [0.1, 0.15) is 0 Å². The van der Waals surface area contributed by atoms with Gasteiger partial charge in [0.2, 0.25) is 0 Å². The van der Waals surface area contributed by atoms with Crippen LogP contribution in [0.3, 0.4) is 0 Å². The Labute approximate surface area is 107 Å². The number of nitrogens with two attached hydrogens (primary N) is 1. The van der Waals surface area contributed by atoms with E-state index >= 15 is 0 Å². The minimum atomic E-state index is 0. The van der Waals surface area contributed by atoms with E-state index in [0.29, 0.717) is 0 Å². The monoisotopic (exact) mass is 291 g/mol. The second kappa shape index (κ2) is 7.26. The first-order chi connectivity index (χ1) is 6.65. The molecule has 0 radical (unpaired) electrons. The lowest BCUT2D eigenvalue weighted by Crippen LogP contribution is -2.10. The lowest BCUT2D eigenvalue weighted by molar-refractivity contribution is 0.601. The largest absolute Gasteiger partial charge is 0.324 e. The number of benzene rings is 1. The van der Waals surface area contributed by atoms with Crippen LogP contribution in [0.4, 0.5) is 0 Å². The molecule has 15 heavy (non-hydrogen) atoms. The van der Waals surface area contributed by atoms with Crippen molar-refractivity contribution >= 4 is 28.3 Å². The van der Waals surface area contributed by atoms with Crippen LogP contribution in [0.5, 0.6) is 0 Å². The standard InChI is InChI=1S/C12H18BrN.ClH/c1-3-4-5-12(14)10-7-6-9(2)8-11(10)13;/h6-8,12H,3-5,14H2,1-2H3;1H/t12-;/m0./s1. The molecule has 0 aliphatic carbocycles. The number of unbranched alkanes of at least 4 members (excludes halogenated alkanes) is 1. The summed E-state index contributed by atoms with van der Waals surface area (Å²) in [6.45, 7) is 4.28. The number of hydrogen-bond donors (Lipinski definition) is 1. The Bertz CT molecular complexity index is 302. The first kappa shape index (κ1) is 14.9. The fourth-order valence-electron chi connectivity index (χ4n) is 1.51. The fourth-order valence-corrected chi connectivity index (χ4v) is 2.30. The van der Waals surface area contributed by atoms with Gasteiger partial charge in [0.05, 0.1) is 0 Å². The van der Waals surface area contributed by atoms with Gasteiger partial charge in [-0.05, 0) is 30.5 Å². The molecule has 86 valence electrons. The highest BCUT2D eigenvalue weighted by Crippen LogP contribution is 2.26. The second-order valence-corrected chi connectivity index (χ2v) is 4.63. The van der Waals surface area contributed by atoms with E-state index in [9.17, 15) is 0 Å². The summed E-state index contributed by atoms with van der Waals surface area (Å²) in [5.74, 6) is 0. The molecule has 2 N–H and O–H groups in total. The summed E-state index contributed by atoms with van der Waals surface area (Å²) in [4.78, 5) is 0. The molecule has 0 saturated heterocycles. The highest BCUT2D eigenvalue weighted by Gasteiger charge is 2.08. The summed E-state index contributed by atoms with van der Waals surface area (Å²) in [6, 6.07) is 6.54. The normalized spacial score (nSPS) is 12.0. The van der Waals surface area contributed by atoms with E-state index < -0.39 is 0 Å². The van der Waals surface area contributed by atoms with E-state index in [2.05, 4.69) is 48.0 Å². The number of aryl methyl sites for hydroxylation is 1. The van der Waals surface area contributed by atoms with Crippen LogP contribution in [0.1, 0.15) is 43.4 Å². The Kier molecular flexibility index (Phi) is 7.24. The van der Waals surface area contributed by atoms with E-state index in [0.717, 1.165) is 10.9 Å². The Morgan fingerprint density at radius 2 is 2.07 bits per heavy atom. The molecule has 0 aliphatic rings. The molecule has 0 aromatic heterocycles. The average molecular weight is 293 g/mol. The molecule has 0 saturated carbocycles. The lowest BCUT2D eigenvalue weighted by atomic mass is 10.0. The molecule has 0 bridgehead atoms. The summed E-state index contributed by atoms with van der Waals surface area (Å²) in [5.41, 5.74) is 8.59. The molecule has 0 unspecified atom stereocenters. The smallest absolute Gasteiger partial charge is 0.0306 e. The van der Waals surface area contributed by atoms with E-state index in [1.807, 2.05) is 0 Å². The molecule has 1 atom stereocenters. The van der Waals surface area contributed by atoms with E-state index in [1.165, 1.54) is 24.0 Å². The molecule has 1 aromatic carbocycles. The van der Waals surface area contributed by atoms with Crippen LogP contribution in [-0.4, -0.2) is 0 Å². The maximum absolute atomic E-state index is 6.10. The highest BCUT2D eigenvalue weighted by molar-refractivity contribution is 9.10. The molecule has 0 heterocycles. The van der Waals surface area contributed by atoms with Gasteiger partial charge in [-0.1, -0.05) is 47.8 Å². The minimum Gasteiger partial charge on any atom is -0.324 e. The maximum Gasteiger partial charge on any atom is 0.0306 e. The van der Waals surface area contributed by atoms with Gasteiger partial charge >= 0.3 is 0 Å². The predicted octanol–water partition coefficient (Wildman–Crippen LogP) is 4.37. The van der Waals surface area contributed by atoms with Gasteiger partial charge in [0.15, 0.2) is 0 Å². The zero-order valence-corrected chi connectivity index (χ0v) is 11.7. The predicted molar refractivity (Wildman–Crippen MR) is 72.6 cm³/mol. The van der Waals surface area contributed by atoms with Gasteiger partial charge in [0.25, 0.3) is 0 Å². The molecule has 1 nitrogen and oxygen atoms in total. The van der Waals surface area contributed by atoms with Crippen molar-refractivity contribution < 1.29 is 0 Å². The molecule has 1 aromatic rings. The van der Waals surface area contributed by atoms with Crippen molar-refractivity contribution in [1.82, 2.24) is 0 Å². The molecule has 0 aliphatic heterocycles. The first-order valence-corrected chi connectivity index (χ1v) is 5.96. The highest BCUT2D eigenvalue weighted by atomic mass is 79.9. The number of hydrogen-bond acceptors (Lipinski definition) is 1. The summed E-state index contributed by atoms with van der Waals surface area (Å²) < 4.78 is 1.14. The topological polar surface area (TPSA) is 26.0 Å². The van der Waals surface area contributed by atoms with Crippen LogP contribution >= 0.6 is 28.3 Å². The number of halogens is 2. The van der Waals surface area contributed by atoms with Crippen molar-refractivity contribution in [2.45, 2.75) is 39.2 Å². The van der Waals surface area contributed by atoms with Gasteiger partial charge in [0, 0.05) is 10.5 Å². The Morgan fingerprint density at radius 3 is 2.60 bits per heavy atom.